The van der Waals surface area contributed by atoms with E-state index in [-0.39, 0.29) is 23.8 Å². The van der Waals surface area contributed by atoms with E-state index >= 15 is 0 Å². The maximum atomic E-state index is 11.9. The van der Waals surface area contributed by atoms with Crippen LogP contribution in [0.2, 0.25) is 0 Å². The van der Waals surface area contributed by atoms with E-state index in [0.29, 0.717) is 11.3 Å². The highest BCUT2D eigenvalue weighted by molar-refractivity contribution is 6.15. The Hall–Kier alpha value is -3.62. The number of hydrogen-bond donors (Lipinski definition) is 1. The first-order valence-electron chi connectivity index (χ1n) is 8.45. The summed E-state index contributed by atoms with van der Waals surface area (Å²) in [7, 11) is 0. The number of cyclic esters (lactones) is 2. The molecule has 9 nitrogen and oxygen atoms in total. The Balaban J connectivity index is 1.69. The zero-order valence-corrected chi connectivity index (χ0v) is 15.5. The Morgan fingerprint density at radius 2 is 1.82 bits per heavy atom. The number of rotatable bonds is 5. The number of hydrogen-bond acceptors (Lipinski definition) is 9. The summed E-state index contributed by atoms with van der Waals surface area (Å²) in [6.07, 6.45) is 2.45. The van der Waals surface area contributed by atoms with Crippen molar-refractivity contribution in [3.05, 3.63) is 48.0 Å². The van der Waals surface area contributed by atoms with Crippen LogP contribution in [-0.2, 0) is 23.8 Å². The Bertz CT molecular complexity index is 919. The van der Waals surface area contributed by atoms with Gasteiger partial charge < -0.3 is 23.9 Å². The minimum Gasteiger partial charge on any atom is -0.461 e. The van der Waals surface area contributed by atoms with Crippen LogP contribution in [0.4, 0.5) is 5.69 Å². The first kappa shape index (κ1) is 19.2. The van der Waals surface area contributed by atoms with E-state index in [2.05, 4.69) is 10.3 Å². The van der Waals surface area contributed by atoms with Crippen molar-refractivity contribution in [2.24, 2.45) is 0 Å². The van der Waals surface area contributed by atoms with Crippen molar-refractivity contribution in [1.29, 1.82) is 0 Å². The highest BCUT2D eigenvalue weighted by Gasteiger charge is 2.38. The van der Waals surface area contributed by atoms with Gasteiger partial charge >= 0.3 is 17.9 Å². The van der Waals surface area contributed by atoms with Crippen LogP contribution in [0, 0.1) is 0 Å². The maximum Gasteiger partial charge on any atom is 0.360 e. The summed E-state index contributed by atoms with van der Waals surface area (Å²) in [6.45, 7) is 4.90. The molecule has 1 saturated heterocycles. The van der Waals surface area contributed by atoms with Gasteiger partial charge in [0.05, 0.1) is 6.61 Å². The number of aromatic nitrogens is 1. The van der Waals surface area contributed by atoms with Gasteiger partial charge in [0.25, 0.3) is 5.79 Å². The average molecular weight is 386 g/mol. The predicted molar refractivity (Wildman–Crippen MR) is 95.9 cm³/mol. The summed E-state index contributed by atoms with van der Waals surface area (Å²) < 4.78 is 20.2. The fourth-order valence-electron chi connectivity index (χ4n) is 2.35. The van der Waals surface area contributed by atoms with E-state index in [9.17, 15) is 14.4 Å². The second-order valence-corrected chi connectivity index (χ2v) is 6.22. The highest BCUT2D eigenvalue weighted by Crippen LogP contribution is 2.24. The lowest BCUT2D eigenvalue weighted by Crippen LogP contribution is -2.42. The maximum absolute atomic E-state index is 11.9. The normalized spacial score (nSPS) is 15.5. The molecule has 1 N–H and O–H groups in total. The number of carbonyl (C=O) groups is 3. The van der Waals surface area contributed by atoms with E-state index < -0.39 is 23.7 Å². The van der Waals surface area contributed by atoms with Crippen LogP contribution in [0.25, 0.3) is 11.5 Å². The summed E-state index contributed by atoms with van der Waals surface area (Å²) in [5.74, 6) is -3.12. The van der Waals surface area contributed by atoms with Gasteiger partial charge in [0, 0.05) is 31.3 Å². The molecule has 1 aromatic heterocycles. The molecule has 0 amide bonds. The quantitative estimate of drug-likeness (QED) is 0.470. The summed E-state index contributed by atoms with van der Waals surface area (Å²) in [4.78, 5) is 39.5. The fourth-order valence-corrected chi connectivity index (χ4v) is 2.35. The van der Waals surface area contributed by atoms with E-state index in [0.717, 1.165) is 0 Å². The largest absolute Gasteiger partial charge is 0.461 e. The third-order valence-electron chi connectivity index (χ3n) is 3.62. The van der Waals surface area contributed by atoms with Gasteiger partial charge in [-0.25, -0.2) is 19.4 Å². The molecule has 3 rings (SSSR count). The number of carbonyl (C=O) groups excluding carboxylic acids is 3. The molecule has 2 heterocycles. The molecule has 0 saturated carbocycles. The van der Waals surface area contributed by atoms with Gasteiger partial charge in [0.2, 0.25) is 5.89 Å². The second-order valence-electron chi connectivity index (χ2n) is 6.22. The number of ether oxygens (including phenoxy) is 3. The lowest BCUT2D eigenvalue weighted by atomic mass is 10.2. The molecule has 1 fully saturated rings. The van der Waals surface area contributed by atoms with Crippen LogP contribution in [0.3, 0.4) is 0 Å². The Labute approximate surface area is 160 Å². The molecule has 1 aliphatic heterocycles. The van der Waals surface area contributed by atoms with Crippen LogP contribution in [0.15, 0.2) is 46.7 Å². The Morgan fingerprint density at radius 3 is 2.43 bits per heavy atom. The molecule has 1 aliphatic rings. The monoisotopic (exact) mass is 386 g/mol. The molecule has 0 aliphatic carbocycles. The van der Waals surface area contributed by atoms with Gasteiger partial charge in [0.1, 0.15) is 6.26 Å². The van der Waals surface area contributed by atoms with Gasteiger partial charge in [-0.05, 0) is 31.2 Å². The number of benzene rings is 1. The van der Waals surface area contributed by atoms with Crippen LogP contribution < -0.4 is 5.32 Å². The molecule has 0 spiro atoms. The van der Waals surface area contributed by atoms with Crippen LogP contribution in [-0.4, -0.2) is 35.3 Å². The number of anilines is 1. The zero-order chi connectivity index (χ0) is 20.3. The molecule has 0 radical (unpaired) electrons. The van der Waals surface area contributed by atoms with Gasteiger partial charge in [-0.1, -0.05) is 0 Å². The van der Waals surface area contributed by atoms with Gasteiger partial charge in [-0.3, -0.25) is 0 Å². The summed E-state index contributed by atoms with van der Waals surface area (Å²) in [5.41, 5.74) is 1.07. The van der Waals surface area contributed by atoms with Crippen molar-refractivity contribution in [3.63, 3.8) is 0 Å². The molecular weight excluding hydrogens is 368 g/mol. The van der Waals surface area contributed by atoms with E-state index in [4.69, 9.17) is 18.6 Å². The van der Waals surface area contributed by atoms with Crippen molar-refractivity contribution in [2.45, 2.75) is 26.6 Å². The lowest BCUT2D eigenvalue weighted by molar-refractivity contribution is -0.222. The van der Waals surface area contributed by atoms with Crippen molar-refractivity contribution in [2.75, 3.05) is 11.9 Å². The zero-order valence-electron chi connectivity index (χ0n) is 15.5. The number of esters is 3. The standard InChI is InChI=1S/C19H18N2O7/c1-4-25-18(24)14-10-26-15(21-14)11-5-7-12(8-6-11)20-9-13-16(22)27-19(2,3)28-17(13)23/h5-10,20H,4H2,1-3H3. The van der Waals surface area contributed by atoms with Crippen molar-refractivity contribution in [1.82, 2.24) is 4.98 Å². The van der Waals surface area contributed by atoms with E-state index in [1.165, 1.54) is 26.3 Å². The van der Waals surface area contributed by atoms with Crippen LogP contribution in [0.1, 0.15) is 31.3 Å². The third kappa shape index (κ3) is 4.20. The minimum absolute atomic E-state index is 0.0843. The molecule has 2 aromatic rings. The first-order valence-corrected chi connectivity index (χ1v) is 8.45. The minimum atomic E-state index is -1.29. The Morgan fingerprint density at radius 1 is 1.18 bits per heavy atom. The molecule has 0 atom stereocenters. The van der Waals surface area contributed by atoms with E-state index in [1.807, 2.05) is 0 Å². The second kappa shape index (κ2) is 7.55. The first-order chi connectivity index (χ1) is 13.3. The van der Waals surface area contributed by atoms with Crippen molar-refractivity contribution < 1.29 is 33.0 Å². The molecular formula is C19H18N2O7. The predicted octanol–water partition coefficient (Wildman–Crippen LogP) is 2.65. The molecule has 146 valence electrons. The van der Waals surface area contributed by atoms with E-state index in [1.54, 1.807) is 31.2 Å². The molecule has 0 unspecified atom stereocenters. The van der Waals surface area contributed by atoms with Crippen LogP contribution >= 0.6 is 0 Å². The smallest absolute Gasteiger partial charge is 0.360 e. The van der Waals surface area contributed by atoms with Gasteiger partial charge in [0.15, 0.2) is 11.3 Å². The molecule has 9 heteroatoms. The van der Waals surface area contributed by atoms with Crippen molar-refractivity contribution in [3.8, 4) is 11.5 Å². The summed E-state index contributed by atoms with van der Waals surface area (Å²) >= 11 is 0. The SMILES string of the molecule is CCOC(=O)c1coc(-c2ccc(NC=C3C(=O)OC(C)(C)OC3=O)cc2)n1. The topological polar surface area (TPSA) is 117 Å². The summed E-state index contributed by atoms with van der Waals surface area (Å²) in [6, 6.07) is 6.76. The number of nitrogens with one attached hydrogen (secondary N) is 1. The highest BCUT2D eigenvalue weighted by atomic mass is 16.7. The molecule has 0 bridgehead atoms. The molecule has 1 aromatic carbocycles. The summed E-state index contributed by atoms with van der Waals surface area (Å²) in [5, 5.41) is 2.83. The molecule has 28 heavy (non-hydrogen) atoms. The van der Waals surface area contributed by atoms with Crippen LogP contribution in [0.5, 0.6) is 0 Å². The average Bonchev–Trinajstić information content (AvgIpc) is 3.11. The lowest BCUT2D eigenvalue weighted by Gasteiger charge is -2.29. The third-order valence-corrected chi connectivity index (χ3v) is 3.62. The Kier molecular flexibility index (Phi) is 5.16. The van der Waals surface area contributed by atoms with Gasteiger partial charge in [-0.2, -0.15) is 0 Å². The number of oxazole rings is 1. The number of nitrogens with zero attached hydrogens (tertiary/aromatic N) is 1. The fraction of sp³-hybridized carbons (Fsp3) is 0.263. The van der Waals surface area contributed by atoms with Crippen molar-refractivity contribution >= 4 is 23.6 Å². The van der Waals surface area contributed by atoms with Gasteiger partial charge in [-0.15, -0.1) is 0 Å².